The Labute approximate surface area is 102 Å². The molecular formula is C14H20O3. The van der Waals surface area contributed by atoms with Gasteiger partial charge in [-0.15, -0.1) is 0 Å². The maximum Gasteiger partial charge on any atom is 0.187 e. The van der Waals surface area contributed by atoms with Crippen LogP contribution in [0, 0.1) is 0 Å². The second-order valence-electron chi connectivity index (χ2n) is 4.58. The molecule has 0 radical (unpaired) electrons. The highest BCUT2D eigenvalue weighted by Crippen LogP contribution is 2.37. The third-order valence-corrected chi connectivity index (χ3v) is 3.55. The monoisotopic (exact) mass is 236 g/mol. The van der Waals surface area contributed by atoms with Crippen LogP contribution in [0.3, 0.4) is 0 Å². The van der Waals surface area contributed by atoms with Crippen LogP contribution in [-0.4, -0.2) is 25.6 Å². The van der Waals surface area contributed by atoms with Crippen LogP contribution in [0.4, 0.5) is 0 Å². The fourth-order valence-corrected chi connectivity index (χ4v) is 2.25. The van der Waals surface area contributed by atoms with Gasteiger partial charge in [-0.25, -0.2) is 0 Å². The molecule has 1 fully saturated rings. The van der Waals surface area contributed by atoms with Gasteiger partial charge < -0.3 is 14.6 Å². The molecule has 0 heterocycles. The van der Waals surface area contributed by atoms with E-state index in [0.717, 1.165) is 5.56 Å². The van der Waals surface area contributed by atoms with Crippen molar-refractivity contribution in [1.29, 1.82) is 0 Å². The first-order valence-corrected chi connectivity index (χ1v) is 6.09. The number of ether oxygens (including phenoxy) is 2. The summed E-state index contributed by atoms with van der Waals surface area (Å²) in [6, 6.07) is 8.11. The largest absolute Gasteiger partial charge is 0.383 e. The molecule has 1 aliphatic rings. The van der Waals surface area contributed by atoms with Crippen LogP contribution in [0.25, 0.3) is 0 Å². The van der Waals surface area contributed by atoms with Crippen molar-refractivity contribution in [2.45, 2.75) is 37.6 Å². The van der Waals surface area contributed by atoms with Gasteiger partial charge in [-0.2, -0.15) is 0 Å². The molecule has 2 rings (SSSR count). The van der Waals surface area contributed by atoms with Crippen LogP contribution in [0.15, 0.2) is 24.3 Å². The maximum absolute atomic E-state index is 10.1. The summed E-state index contributed by atoms with van der Waals surface area (Å²) in [5.41, 5.74) is 2.18. The summed E-state index contributed by atoms with van der Waals surface area (Å²) in [5, 5.41) is 10.1. The summed E-state index contributed by atoms with van der Waals surface area (Å²) >= 11 is 0. The SMILES string of the molecule is COC(OC)C(O)c1cccc(C2CCC2)c1. The summed E-state index contributed by atoms with van der Waals surface area (Å²) in [7, 11) is 3.07. The van der Waals surface area contributed by atoms with Gasteiger partial charge in [0.2, 0.25) is 0 Å². The van der Waals surface area contributed by atoms with Crippen LogP contribution in [0.2, 0.25) is 0 Å². The van der Waals surface area contributed by atoms with Crippen molar-refractivity contribution in [3.8, 4) is 0 Å². The lowest BCUT2D eigenvalue weighted by Gasteiger charge is -2.27. The Morgan fingerprint density at radius 1 is 1.24 bits per heavy atom. The van der Waals surface area contributed by atoms with E-state index in [9.17, 15) is 5.11 Å². The topological polar surface area (TPSA) is 38.7 Å². The number of benzene rings is 1. The van der Waals surface area contributed by atoms with Gasteiger partial charge in [0.25, 0.3) is 0 Å². The average Bonchev–Trinajstić information content (AvgIpc) is 2.28. The Morgan fingerprint density at radius 2 is 1.94 bits per heavy atom. The molecule has 3 nitrogen and oxygen atoms in total. The standard InChI is InChI=1S/C14H20O3/c1-16-14(17-2)13(15)12-8-4-7-11(9-12)10-5-3-6-10/h4,7-10,13-15H,3,5-6H2,1-2H3. The summed E-state index contributed by atoms with van der Waals surface area (Å²) in [6.45, 7) is 0. The molecule has 0 spiro atoms. The van der Waals surface area contributed by atoms with Gasteiger partial charge in [0.1, 0.15) is 6.10 Å². The van der Waals surface area contributed by atoms with Gasteiger partial charge >= 0.3 is 0 Å². The summed E-state index contributed by atoms with van der Waals surface area (Å²) in [4.78, 5) is 0. The molecule has 17 heavy (non-hydrogen) atoms. The fourth-order valence-electron chi connectivity index (χ4n) is 2.25. The van der Waals surface area contributed by atoms with E-state index >= 15 is 0 Å². The van der Waals surface area contributed by atoms with Crippen LogP contribution in [0.1, 0.15) is 42.4 Å². The van der Waals surface area contributed by atoms with Crippen molar-refractivity contribution in [3.05, 3.63) is 35.4 Å². The molecule has 1 N–H and O–H groups in total. The second kappa shape index (κ2) is 5.63. The number of aliphatic hydroxyl groups excluding tert-OH is 1. The zero-order chi connectivity index (χ0) is 12.3. The lowest BCUT2D eigenvalue weighted by atomic mass is 9.79. The zero-order valence-corrected chi connectivity index (χ0v) is 10.4. The Hall–Kier alpha value is -0.900. The van der Waals surface area contributed by atoms with Crippen LogP contribution < -0.4 is 0 Å². The molecular weight excluding hydrogens is 216 g/mol. The lowest BCUT2D eigenvalue weighted by molar-refractivity contribution is -0.166. The second-order valence-corrected chi connectivity index (χ2v) is 4.58. The third kappa shape index (κ3) is 2.68. The molecule has 0 bridgehead atoms. The molecule has 0 aliphatic heterocycles. The van der Waals surface area contributed by atoms with Crippen molar-refractivity contribution in [1.82, 2.24) is 0 Å². The first-order valence-electron chi connectivity index (χ1n) is 6.09. The quantitative estimate of drug-likeness (QED) is 0.799. The molecule has 0 saturated heterocycles. The molecule has 1 aromatic carbocycles. The minimum absolute atomic E-state index is 0.605. The number of rotatable bonds is 5. The molecule has 94 valence electrons. The average molecular weight is 236 g/mol. The van der Waals surface area contributed by atoms with E-state index in [4.69, 9.17) is 9.47 Å². The van der Waals surface area contributed by atoms with E-state index in [1.165, 1.54) is 39.0 Å². The van der Waals surface area contributed by atoms with Gasteiger partial charge in [-0.3, -0.25) is 0 Å². The van der Waals surface area contributed by atoms with Gasteiger partial charge in [0, 0.05) is 14.2 Å². The minimum Gasteiger partial charge on any atom is -0.383 e. The van der Waals surface area contributed by atoms with Gasteiger partial charge in [0.05, 0.1) is 0 Å². The summed E-state index contributed by atoms with van der Waals surface area (Å²) < 4.78 is 10.2. The minimum atomic E-state index is -0.731. The predicted octanol–water partition coefficient (Wildman–Crippen LogP) is 2.61. The highest BCUT2D eigenvalue weighted by molar-refractivity contribution is 5.29. The van der Waals surface area contributed by atoms with Crippen molar-refractivity contribution in [3.63, 3.8) is 0 Å². The smallest absolute Gasteiger partial charge is 0.187 e. The first kappa shape index (κ1) is 12.6. The normalized spacial score (nSPS) is 18.1. The molecule has 0 amide bonds. The first-order chi connectivity index (χ1) is 8.26. The van der Waals surface area contributed by atoms with E-state index in [1.807, 2.05) is 12.1 Å². The molecule has 1 unspecified atom stereocenters. The number of methoxy groups -OCH3 is 2. The van der Waals surface area contributed by atoms with E-state index in [0.29, 0.717) is 5.92 Å². The van der Waals surface area contributed by atoms with Gasteiger partial charge in [-0.1, -0.05) is 30.7 Å². The molecule has 1 aliphatic carbocycles. The number of hydrogen-bond donors (Lipinski definition) is 1. The highest BCUT2D eigenvalue weighted by atomic mass is 16.7. The van der Waals surface area contributed by atoms with E-state index in [1.54, 1.807) is 0 Å². The van der Waals surface area contributed by atoms with Crippen LogP contribution in [-0.2, 0) is 9.47 Å². The third-order valence-electron chi connectivity index (χ3n) is 3.55. The Morgan fingerprint density at radius 3 is 2.47 bits per heavy atom. The number of aliphatic hydroxyl groups is 1. The Kier molecular flexibility index (Phi) is 4.15. The van der Waals surface area contributed by atoms with E-state index < -0.39 is 12.4 Å². The van der Waals surface area contributed by atoms with Crippen LogP contribution in [0.5, 0.6) is 0 Å². The Balaban J connectivity index is 2.14. The zero-order valence-electron chi connectivity index (χ0n) is 10.4. The molecule has 1 aromatic rings. The maximum atomic E-state index is 10.1. The van der Waals surface area contributed by atoms with Crippen molar-refractivity contribution >= 4 is 0 Å². The number of hydrogen-bond acceptors (Lipinski definition) is 3. The molecule has 1 atom stereocenters. The molecule has 1 saturated carbocycles. The summed E-state index contributed by atoms with van der Waals surface area (Å²) in [5.74, 6) is 0.672. The van der Waals surface area contributed by atoms with E-state index in [2.05, 4.69) is 12.1 Å². The lowest BCUT2D eigenvalue weighted by Crippen LogP contribution is -2.23. The molecule has 3 heteroatoms. The highest BCUT2D eigenvalue weighted by Gasteiger charge is 2.23. The Bertz CT molecular complexity index is 356. The summed E-state index contributed by atoms with van der Waals surface area (Å²) in [6.07, 6.45) is 2.50. The van der Waals surface area contributed by atoms with Gasteiger partial charge in [-0.05, 0) is 29.9 Å². The van der Waals surface area contributed by atoms with Crippen LogP contribution >= 0.6 is 0 Å². The van der Waals surface area contributed by atoms with Crippen molar-refractivity contribution in [2.24, 2.45) is 0 Å². The van der Waals surface area contributed by atoms with Crippen molar-refractivity contribution < 1.29 is 14.6 Å². The molecule has 0 aromatic heterocycles. The van der Waals surface area contributed by atoms with E-state index in [-0.39, 0.29) is 0 Å². The van der Waals surface area contributed by atoms with Gasteiger partial charge in [0.15, 0.2) is 6.29 Å². The predicted molar refractivity (Wildman–Crippen MR) is 65.8 cm³/mol. The van der Waals surface area contributed by atoms with Crippen molar-refractivity contribution in [2.75, 3.05) is 14.2 Å². The fraction of sp³-hybridized carbons (Fsp3) is 0.571.